The van der Waals surface area contributed by atoms with Gasteiger partial charge in [0.15, 0.2) is 0 Å². The molecule has 0 fully saturated rings. The van der Waals surface area contributed by atoms with Crippen LogP contribution in [0.15, 0.2) is 84.9 Å². The van der Waals surface area contributed by atoms with Crippen molar-refractivity contribution >= 4 is 35.1 Å². The van der Waals surface area contributed by atoms with Crippen molar-refractivity contribution < 1.29 is 0 Å². The maximum atomic E-state index is 2.21. The third kappa shape index (κ3) is 4.13. The number of rotatable bonds is 4. The summed E-state index contributed by atoms with van der Waals surface area (Å²) >= 11 is 0. The zero-order chi connectivity index (χ0) is 19.3. The Morgan fingerprint density at radius 2 is 0.821 bits per heavy atom. The molecule has 4 aromatic carbocycles. The Labute approximate surface area is 167 Å². The highest BCUT2D eigenvalue weighted by molar-refractivity contribution is 5.99. The topological polar surface area (TPSA) is 0 Å². The predicted octanol–water partition coefficient (Wildman–Crippen LogP) is 7.80. The van der Waals surface area contributed by atoms with Gasteiger partial charge in [0.1, 0.15) is 0 Å². The van der Waals surface area contributed by atoms with Gasteiger partial charge in [0, 0.05) is 0 Å². The van der Waals surface area contributed by atoms with Crippen LogP contribution in [0.3, 0.4) is 0 Å². The predicted molar refractivity (Wildman–Crippen MR) is 124 cm³/mol. The molecule has 0 heterocycles. The second-order valence-electron chi connectivity index (χ2n) is 7.28. The molecule has 0 spiro atoms. The number of aryl methyl sites for hydroxylation is 2. The van der Waals surface area contributed by atoms with Crippen LogP contribution < -0.4 is 0 Å². The molecule has 4 aromatic rings. The molecule has 0 radical (unpaired) electrons. The summed E-state index contributed by atoms with van der Waals surface area (Å²) < 4.78 is 0. The lowest BCUT2D eigenvalue weighted by Gasteiger charge is -2.07. The molecule has 0 N–H and O–H groups in total. The van der Waals surface area contributed by atoms with Crippen LogP contribution in [0.5, 0.6) is 0 Å². The van der Waals surface area contributed by atoms with E-state index in [-0.39, 0.29) is 0 Å². The summed E-state index contributed by atoms with van der Waals surface area (Å²) in [4.78, 5) is 0. The maximum Gasteiger partial charge on any atom is -0.0105 e. The van der Waals surface area contributed by atoms with Crippen LogP contribution in [0, 0.1) is 13.8 Å². The summed E-state index contributed by atoms with van der Waals surface area (Å²) in [5, 5.41) is 2.55. The van der Waals surface area contributed by atoms with Gasteiger partial charge in [-0.15, -0.1) is 0 Å². The van der Waals surface area contributed by atoms with Crippen molar-refractivity contribution in [2.75, 3.05) is 0 Å². The molecule has 4 rings (SSSR count). The Balaban J connectivity index is 1.68. The molecule has 0 amide bonds. The zero-order valence-corrected chi connectivity index (χ0v) is 16.4. The van der Waals surface area contributed by atoms with Gasteiger partial charge in [-0.25, -0.2) is 0 Å². The minimum Gasteiger partial charge on any atom is -0.0616 e. The fourth-order valence-corrected chi connectivity index (χ4v) is 3.36. The summed E-state index contributed by atoms with van der Waals surface area (Å²) in [6.07, 6.45) is 8.78. The van der Waals surface area contributed by atoms with Crippen molar-refractivity contribution in [2.24, 2.45) is 0 Å². The van der Waals surface area contributed by atoms with E-state index in [2.05, 4.69) is 123 Å². The lowest BCUT2D eigenvalue weighted by Crippen LogP contribution is -1.83. The molecule has 0 aromatic heterocycles. The SMILES string of the molecule is Cc1ccc(/C=C/c2ccc(/C=C/c3ccc(C)cc3)c3ccccc23)cc1. The molecular formula is C28H24. The third-order valence-corrected chi connectivity index (χ3v) is 5.06. The second-order valence-corrected chi connectivity index (χ2v) is 7.28. The summed E-state index contributed by atoms with van der Waals surface area (Å²) in [6, 6.07) is 30.3. The van der Waals surface area contributed by atoms with Crippen LogP contribution >= 0.6 is 0 Å². The largest absolute Gasteiger partial charge is 0.0616 e. The molecule has 0 aliphatic heterocycles. The van der Waals surface area contributed by atoms with E-state index < -0.39 is 0 Å². The van der Waals surface area contributed by atoms with Crippen molar-refractivity contribution in [3.8, 4) is 0 Å². The smallest absolute Gasteiger partial charge is 0.0105 e. The molecule has 0 bridgehead atoms. The molecule has 0 atom stereocenters. The molecule has 0 aliphatic rings. The van der Waals surface area contributed by atoms with Gasteiger partial charge in [-0.2, -0.15) is 0 Å². The van der Waals surface area contributed by atoms with Gasteiger partial charge in [-0.05, 0) is 46.9 Å². The normalized spacial score (nSPS) is 11.6. The van der Waals surface area contributed by atoms with Crippen molar-refractivity contribution in [1.82, 2.24) is 0 Å². The highest BCUT2D eigenvalue weighted by Crippen LogP contribution is 2.26. The average molecular weight is 361 g/mol. The first kappa shape index (κ1) is 18.0. The Bertz CT molecular complexity index is 1050. The molecule has 0 heteroatoms. The van der Waals surface area contributed by atoms with Crippen molar-refractivity contribution in [1.29, 1.82) is 0 Å². The van der Waals surface area contributed by atoms with Crippen LogP contribution in [0.4, 0.5) is 0 Å². The first-order valence-corrected chi connectivity index (χ1v) is 9.70. The maximum absolute atomic E-state index is 2.21. The first-order valence-electron chi connectivity index (χ1n) is 9.70. The highest BCUT2D eigenvalue weighted by Gasteiger charge is 2.02. The monoisotopic (exact) mass is 360 g/mol. The van der Waals surface area contributed by atoms with Crippen molar-refractivity contribution in [2.45, 2.75) is 13.8 Å². The van der Waals surface area contributed by atoms with E-state index in [1.165, 1.54) is 44.2 Å². The van der Waals surface area contributed by atoms with Gasteiger partial charge < -0.3 is 0 Å². The molecule has 136 valence electrons. The highest BCUT2D eigenvalue weighted by atomic mass is 14.1. The van der Waals surface area contributed by atoms with E-state index in [9.17, 15) is 0 Å². The van der Waals surface area contributed by atoms with Crippen molar-refractivity contribution in [3.05, 3.63) is 118 Å². The zero-order valence-electron chi connectivity index (χ0n) is 16.4. The van der Waals surface area contributed by atoms with Crippen LogP contribution in [0.25, 0.3) is 35.1 Å². The molecule has 0 aliphatic carbocycles. The van der Waals surface area contributed by atoms with Crippen LogP contribution in [-0.4, -0.2) is 0 Å². The van der Waals surface area contributed by atoms with Gasteiger partial charge in [0.05, 0.1) is 0 Å². The van der Waals surface area contributed by atoms with E-state index in [0.29, 0.717) is 0 Å². The Morgan fingerprint density at radius 1 is 0.429 bits per heavy atom. The molecule has 0 unspecified atom stereocenters. The second kappa shape index (κ2) is 8.10. The van der Waals surface area contributed by atoms with Gasteiger partial charge in [-0.1, -0.05) is 120 Å². The number of hydrogen-bond acceptors (Lipinski definition) is 0. The number of hydrogen-bond donors (Lipinski definition) is 0. The lowest BCUT2D eigenvalue weighted by molar-refractivity contribution is 1.46. The lowest BCUT2D eigenvalue weighted by atomic mass is 9.98. The quantitative estimate of drug-likeness (QED) is 0.326. The fourth-order valence-electron chi connectivity index (χ4n) is 3.36. The molecule has 0 nitrogen and oxygen atoms in total. The van der Waals surface area contributed by atoms with Crippen LogP contribution in [0.1, 0.15) is 33.4 Å². The number of fused-ring (bicyclic) bond motifs is 1. The summed E-state index contributed by atoms with van der Waals surface area (Å²) in [7, 11) is 0. The van der Waals surface area contributed by atoms with Crippen LogP contribution in [0.2, 0.25) is 0 Å². The summed E-state index contributed by atoms with van der Waals surface area (Å²) in [5.74, 6) is 0. The van der Waals surface area contributed by atoms with Crippen LogP contribution in [-0.2, 0) is 0 Å². The third-order valence-electron chi connectivity index (χ3n) is 5.06. The summed E-state index contributed by atoms with van der Waals surface area (Å²) in [5.41, 5.74) is 7.49. The Kier molecular flexibility index (Phi) is 5.21. The van der Waals surface area contributed by atoms with Gasteiger partial charge in [0.2, 0.25) is 0 Å². The fraction of sp³-hybridized carbons (Fsp3) is 0.0714. The molecule has 0 saturated heterocycles. The van der Waals surface area contributed by atoms with E-state index in [0.717, 1.165) is 0 Å². The Morgan fingerprint density at radius 3 is 1.21 bits per heavy atom. The average Bonchev–Trinajstić information content (AvgIpc) is 2.73. The number of benzene rings is 4. The standard InChI is InChI=1S/C28H24/c1-21-7-11-23(12-8-21)15-17-25-19-20-26(28-6-4-3-5-27(25)28)18-16-24-13-9-22(2)10-14-24/h3-20H,1-2H3/b17-15+,18-16+. The van der Waals surface area contributed by atoms with E-state index in [1.807, 2.05) is 0 Å². The minimum atomic E-state index is 1.22. The van der Waals surface area contributed by atoms with Gasteiger partial charge in [0.25, 0.3) is 0 Å². The molecular weight excluding hydrogens is 336 g/mol. The summed E-state index contributed by atoms with van der Waals surface area (Å²) in [6.45, 7) is 4.23. The van der Waals surface area contributed by atoms with Gasteiger partial charge >= 0.3 is 0 Å². The first-order chi connectivity index (χ1) is 13.7. The Hall–Kier alpha value is -3.38. The minimum absolute atomic E-state index is 1.22. The van der Waals surface area contributed by atoms with E-state index in [4.69, 9.17) is 0 Å². The molecule has 0 saturated carbocycles. The van der Waals surface area contributed by atoms with Gasteiger partial charge in [-0.3, -0.25) is 0 Å². The molecule has 28 heavy (non-hydrogen) atoms. The van der Waals surface area contributed by atoms with E-state index >= 15 is 0 Å². The van der Waals surface area contributed by atoms with E-state index in [1.54, 1.807) is 0 Å². The van der Waals surface area contributed by atoms with Crippen molar-refractivity contribution in [3.63, 3.8) is 0 Å².